The Bertz CT molecular complexity index is 730. The normalized spacial score (nSPS) is 13.0. The minimum atomic E-state index is -0.210. The van der Waals surface area contributed by atoms with E-state index in [1.54, 1.807) is 11.8 Å². The maximum atomic E-state index is 12.3. The molecule has 0 aliphatic carbocycles. The first-order chi connectivity index (χ1) is 11.1. The van der Waals surface area contributed by atoms with Crippen molar-refractivity contribution in [1.29, 1.82) is 0 Å². The van der Waals surface area contributed by atoms with Crippen LogP contribution in [-0.4, -0.2) is 45.8 Å². The molecular formula is C15H17N5O2S. The highest BCUT2D eigenvalue weighted by atomic mass is 32.2. The zero-order valence-electron chi connectivity index (χ0n) is 12.7. The van der Waals surface area contributed by atoms with E-state index in [0.717, 1.165) is 12.1 Å². The van der Waals surface area contributed by atoms with Crippen molar-refractivity contribution in [2.24, 2.45) is 0 Å². The molecule has 0 radical (unpaired) electrons. The second-order valence-corrected chi connectivity index (χ2v) is 6.14. The molecule has 7 nitrogen and oxygen atoms in total. The SMILES string of the molecule is Cc1nc(SCC(=O)NCC(=O)N2CCc3ccccc32)n[nH]1. The number of nitrogens with zero attached hydrogens (tertiary/aromatic N) is 3. The van der Waals surface area contributed by atoms with Gasteiger partial charge in [0, 0.05) is 12.2 Å². The first kappa shape index (κ1) is 15.5. The summed E-state index contributed by atoms with van der Waals surface area (Å²) in [6.07, 6.45) is 0.857. The van der Waals surface area contributed by atoms with E-state index in [-0.39, 0.29) is 24.1 Å². The van der Waals surface area contributed by atoms with Gasteiger partial charge in [-0.2, -0.15) is 0 Å². The van der Waals surface area contributed by atoms with Crippen molar-refractivity contribution in [2.75, 3.05) is 23.7 Å². The van der Waals surface area contributed by atoms with Crippen LogP contribution in [0.3, 0.4) is 0 Å². The molecular weight excluding hydrogens is 314 g/mol. The van der Waals surface area contributed by atoms with E-state index in [2.05, 4.69) is 20.5 Å². The maximum absolute atomic E-state index is 12.3. The molecule has 0 atom stereocenters. The molecule has 0 bridgehead atoms. The topological polar surface area (TPSA) is 91.0 Å². The number of amides is 2. The van der Waals surface area contributed by atoms with Crippen molar-refractivity contribution in [2.45, 2.75) is 18.5 Å². The molecule has 1 aliphatic heterocycles. The number of rotatable bonds is 5. The van der Waals surface area contributed by atoms with Crippen LogP contribution in [0.4, 0.5) is 5.69 Å². The van der Waals surface area contributed by atoms with Gasteiger partial charge in [-0.25, -0.2) is 4.98 Å². The van der Waals surface area contributed by atoms with Gasteiger partial charge in [-0.1, -0.05) is 30.0 Å². The Morgan fingerprint density at radius 3 is 3.00 bits per heavy atom. The molecule has 0 fully saturated rings. The van der Waals surface area contributed by atoms with Gasteiger partial charge in [0.05, 0.1) is 12.3 Å². The van der Waals surface area contributed by atoms with Crippen LogP contribution in [0, 0.1) is 6.92 Å². The zero-order chi connectivity index (χ0) is 16.2. The Labute approximate surface area is 137 Å². The van der Waals surface area contributed by atoms with Crippen molar-refractivity contribution in [3.05, 3.63) is 35.7 Å². The lowest BCUT2D eigenvalue weighted by molar-refractivity contribution is -0.123. The van der Waals surface area contributed by atoms with Crippen LogP contribution in [0.5, 0.6) is 0 Å². The third-order valence-corrected chi connectivity index (χ3v) is 4.38. The molecule has 2 amide bonds. The van der Waals surface area contributed by atoms with Crippen molar-refractivity contribution >= 4 is 29.3 Å². The van der Waals surface area contributed by atoms with Gasteiger partial charge < -0.3 is 10.2 Å². The van der Waals surface area contributed by atoms with Crippen molar-refractivity contribution in [3.63, 3.8) is 0 Å². The molecule has 23 heavy (non-hydrogen) atoms. The Morgan fingerprint density at radius 1 is 1.39 bits per heavy atom. The number of aryl methyl sites for hydroxylation is 1. The molecule has 3 rings (SSSR count). The number of carbonyl (C=O) groups is 2. The maximum Gasteiger partial charge on any atom is 0.246 e. The summed E-state index contributed by atoms with van der Waals surface area (Å²) < 4.78 is 0. The number of anilines is 1. The average Bonchev–Trinajstić information content (AvgIpc) is 3.16. The van der Waals surface area contributed by atoms with E-state index in [0.29, 0.717) is 17.5 Å². The van der Waals surface area contributed by atoms with E-state index < -0.39 is 0 Å². The third-order valence-electron chi connectivity index (χ3n) is 3.53. The Hall–Kier alpha value is -2.35. The molecule has 2 aromatic rings. The lowest BCUT2D eigenvalue weighted by atomic mass is 10.2. The van der Waals surface area contributed by atoms with E-state index in [4.69, 9.17) is 0 Å². The third kappa shape index (κ3) is 3.70. The number of thioether (sulfide) groups is 1. The van der Waals surface area contributed by atoms with E-state index >= 15 is 0 Å². The largest absolute Gasteiger partial charge is 0.346 e. The van der Waals surface area contributed by atoms with Crippen LogP contribution in [0.1, 0.15) is 11.4 Å². The summed E-state index contributed by atoms with van der Waals surface area (Å²) in [5.74, 6) is 0.581. The number of hydrogen-bond acceptors (Lipinski definition) is 5. The van der Waals surface area contributed by atoms with Gasteiger partial charge in [0.1, 0.15) is 5.82 Å². The molecule has 0 saturated carbocycles. The van der Waals surface area contributed by atoms with Crippen molar-refractivity contribution < 1.29 is 9.59 Å². The molecule has 0 spiro atoms. The lowest BCUT2D eigenvalue weighted by Gasteiger charge is -2.17. The number of H-pyrrole nitrogens is 1. The quantitative estimate of drug-likeness (QED) is 0.795. The van der Waals surface area contributed by atoms with Crippen LogP contribution in [0.25, 0.3) is 0 Å². The molecule has 1 aliphatic rings. The summed E-state index contributed by atoms with van der Waals surface area (Å²) in [6, 6.07) is 7.84. The lowest BCUT2D eigenvalue weighted by Crippen LogP contribution is -2.40. The number of carbonyl (C=O) groups excluding carboxylic acids is 2. The highest BCUT2D eigenvalue weighted by Gasteiger charge is 2.24. The summed E-state index contributed by atoms with van der Waals surface area (Å²) in [4.78, 5) is 29.9. The highest BCUT2D eigenvalue weighted by molar-refractivity contribution is 7.99. The van der Waals surface area contributed by atoms with E-state index in [9.17, 15) is 9.59 Å². The van der Waals surface area contributed by atoms with Gasteiger partial charge in [-0.3, -0.25) is 14.7 Å². The van der Waals surface area contributed by atoms with Crippen LogP contribution < -0.4 is 10.2 Å². The first-order valence-corrected chi connectivity index (χ1v) is 8.29. The standard InChI is InChI=1S/C15H17N5O2S/c1-10-17-15(19-18-10)23-9-13(21)16-8-14(22)20-7-6-11-4-2-3-5-12(11)20/h2-5H,6-9H2,1H3,(H,16,21)(H,17,18,19). The highest BCUT2D eigenvalue weighted by Crippen LogP contribution is 2.27. The van der Waals surface area contributed by atoms with E-state index in [1.165, 1.54) is 17.3 Å². The first-order valence-electron chi connectivity index (χ1n) is 7.30. The average molecular weight is 331 g/mol. The fourth-order valence-electron chi connectivity index (χ4n) is 2.43. The van der Waals surface area contributed by atoms with Crippen LogP contribution in [-0.2, 0) is 16.0 Å². The van der Waals surface area contributed by atoms with Gasteiger partial charge in [0.15, 0.2) is 0 Å². The van der Waals surface area contributed by atoms with Crippen molar-refractivity contribution in [3.8, 4) is 0 Å². The number of aromatic amines is 1. The fourth-order valence-corrected chi connectivity index (χ4v) is 3.11. The minimum Gasteiger partial charge on any atom is -0.346 e. The molecule has 2 heterocycles. The Kier molecular flexibility index (Phi) is 4.61. The predicted octanol–water partition coefficient (Wildman–Crippen LogP) is 0.911. The summed E-state index contributed by atoms with van der Waals surface area (Å²) in [6.45, 7) is 2.46. The number of para-hydroxylation sites is 1. The van der Waals surface area contributed by atoms with Crippen LogP contribution >= 0.6 is 11.8 Å². The molecule has 120 valence electrons. The van der Waals surface area contributed by atoms with Gasteiger partial charge in [-0.05, 0) is 25.0 Å². The second kappa shape index (κ2) is 6.82. The fraction of sp³-hybridized carbons (Fsp3) is 0.333. The number of nitrogens with one attached hydrogen (secondary N) is 2. The second-order valence-electron chi connectivity index (χ2n) is 5.19. The number of fused-ring (bicyclic) bond motifs is 1. The predicted molar refractivity (Wildman–Crippen MR) is 87.4 cm³/mol. The van der Waals surface area contributed by atoms with Gasteiger partial charge in [-0.15, -0.1) is 5.10 Å². The van der Waals surface area contributed by atoms with Gasteiger partial charge in [0.25, 0.3) is 0 Å². The van der Waals surface area contributed by atoms with Gasteiger partial charge >= 0.3 is 0 Å². The van der Waals surface area contributed by atoms with Crippen molar-refractivity contribution in [1.82, 2.24) is 20.5 Å². The Balaban J connectivity index is 1.47. The number of benzene rings is 1. The molecule has 8 heteroatoms. The zero-order valence-corrected chi connectivity index (χ0v) is 13.5. The van der Waals surface area contributed by atoms with Crippen LogP contribution in [0.2, 0.25) is 0 Å². The summed E-state index contributed by atoms with van der Waals surface area (Å²) in [7, 11) is 0. The molecule has 0 unspecified atom stereocenters. The molecule has 1 aromatic heterocycles. The summed E-state index contributed by atoms with van der Waals surface area (Å²) in [5, 5.41) is 9.83. The van der Waals surface area contributed by atoms with E-state index in [1.807, 2.05) is 24.3 Å². The van der Waals surface area contributed by atoms with Gasteiger partial charge in [0.2, 0.25) is 17.0 Å². The molecule has 2 N–H and O–H groups in total. The minimum absolute atomic E-state index is 0.000743. The summed E-state index contributed by atoms with van der Waals surface area (Å²) >= 11 is 1.23. The number of hydrogen-bond donors (Lipinski definition) is 2. The monoisotopic (exact) mass is 331 g/mol. The molecule has 0 saturated heterocycles. The Morgan fingerprint density at radius 2 is 2.22 bits per heavy atom. The summed E-state index contributed by atoms with van der Waals surface area (Å²) in [5.41, 5.74) is 2.11. The number of aromatic nitrogens is 3. The smallest absolute Gasteiger partial charge is 0.246 e. The van der Waals surface area contributed by atoms with Crippen LogP contribution in [0.15, 0.2) is 29.4 Å². The molecule has 1 aromatic carbocycles.